The van der Waals surface area contributed by atoms with Crippen LogP contribution in [0.2, 0.25) is 0 Å². The molecular formula is C14H19ClN2O2. The van der Waals surface area contributed by atoms with Gasteiger partial charge in [0.15, 0.2) is 0 Å². The number of carbonyl (C=O) groups excluding carboxylic acids is 1. The zero-order valence-corrected chi connectivity index (χ0v) is 11.9. The molecule has 104 valence electrons. The minimum atomic E-state index is -0.592. The zero-order valence-electron chi connectivity index (χ0n) is 11.2. The summed E-state index contributed by atoms with van der Waals surface area (Å²) >= 11 is 5.53. The molecule has 0 saturated heterocycles. The number of hydrogen-bond acceptors (Lipinski definition) is 3. The standard InChI is InChI=1S/C14H19ClN2O2/c1-14(2)6-9-3-4-10(16-8-11(18)7-15)5-12(9)13(19)17-14/h3-5,11,16,18H,6-8H2,1-2H3,(H,17,19). The van der Waals surface area contributed by atoms with Gasteiger partial charge in [-0.05, 0) is 38.0 Å². The van der Waals surface area contributed by atoms with Crippen LogP contribution >= 0.6 is 11.6 Å². The van der Waals surface area contributed by atoms with Crippen molar-refractivity contribution >= 4 is 23.2 Å². The first-order chi connectivity index (χ1) is 8.91. The van der Waals surface area contributed by atoms with Crippen LogP contribution in [0.15, 0.2) is 18.2 Å². The highest BCUT2D eigenvalue weighted by Crippen LogP contribution is 2.25. The van der Waals surface area contributed by atoms with Gasteiger partial charge in [0.1, 0.15) is 0 Å². The van der Waals surface area contributed by atoms with Crippen molar-refractivity contribution < 1.29 is 9.90 Å². The van der Waals surface area contributed by atoms with Crippen LogP contribution in [0, 0.1) is 0 Å². The Bertz CT molecular complexity index is 488. The lowest BCUT2D eigenvalue weighted by molar-refractivity contribution is 0.0897. The quantitative estimate of drug-likeness (QED) is 0.738. The highest BCUT2D eigenvalue weighted by atomic mass is 35.5. The van der Waals surface area contributed by atoms with E-state index in [0.29, 0.717) is 12.1 Å². The summed E-state index contributed by atoms with van der Waals surface area (Å²) in [5.74, 6) is 0.139. The molecule has 1 aliphatic heterocycles. The average Bonchev–Trinajstić information content (AvgIpc) is 2.35. The average molecular weight is 283 g/mol. The van der Waals surface area contributed by atoms with E-state index in [4.69, 9.17) is 11.6 Å². The number of rotatable bonds is 4. The molecule has 0 aromatic heterocycles. The minimum Gasteiger partial charge on any atom is -0.390 e. The molecule has 0 spiro atoms. The lowest BCUT2D eigenvalue weighted by atomic mass is 9.87. The second kappa shape index (κ2) is 5.39. The van der Waals surface area contributed by atoms with Crippen LogP contribution in [0.25, 0.3) is 0 Å². The highest BCUT2D eigenvalue weighted by Gasteiger charge is 2.29. The van der Waals surface area contributed by atoms with E-state index in [1.165, 1.54) is 0 Å². The topological polar surface area (TPSA) is 61.4 Å². The Labute approximate surface area is 118 Å². The molecule has 0 radical (unpaired) electrons. The van der Waals surface area contributed by atoms with E-state index in [1.807, 2.05) is 32.0 Å². The van der Waals surface area contributed by atoms with Crippen LogP contribution in [0.3, 0.4) is 0 Å². The summed E-state index contributed by atoms with van der Waals surface area (Å²) in [6.45, 7) is 4.39. The van der Waals surface area contributed by atoms with Gasteiger partial charge in [0.05, 0.1) is 12.0 Å². The van der Waals surface area contributed by atoms with Crippen LogP contribution in [-0.4, -0.2) is 35.1 Å². The number of alkyl halides is 1. The maximum atomic E-state index is 12.0. The minimum absolute atomic E-state index is 0.0483. The van der Waals surface area contributed by atoms with Gasteiger partial charge in [0.25, 0.3) is 5.91 Å². The summed E-state index contributed by atoms with van der Waals surface area (Å²) < 4.78 is 0. The highest BCUT2D eigenvalue weighted by molar-refractivity contribution is 6.18. The van der Waals surface area contributed by atoms with Gasteiger partial charge in [-0.25, -0.2) is 0 Å². The molecule has 5 heteroatoms. The predicted octanol–water partition coefficient (Wildman–Crippen LogP) is 1.76. The van der Waals surface area contributed by atoms with Crippen molar-refractivity contribution in [1.29, 1.82) is 0 Å². The number of aliphatic hydroxyl groups is 1. The number of amides is 1. The summed E-state index contributed by atoms with van der Waals surface area (Å²) in [6.07, 6.45) is 0.226. The molecule has 4 nitrogen and oxygen atoms in total. The third-order valence-electron chi connectivity index (χ3n) is 3.16. The summed E-state index contributed by atoms with van der Waals surface area (Å²) in [5, 5.41) is 15.5. The fourth-order valence-corrected chi connectivity index (χ4v) is 2.35. The van der Waals surface area contributed by atoms with Crippen molar-refractivity contribution in [1.82, 2.24) is 5.32 Å². The second-order valence-electron chi connectivity index (χ2n) is 5.58. The van der Waals surface area contributed by atoms with Gasteiger partial charge < -0.3 is 15.7 Å². The van der Waals surface area contributed by atoms with Gasteiger partial charge in [-0.2, -0.15) is 0 Å². The summed E-state index contributed by atoms with van der Waals surface area (Å²) in [4.78, 5) is 12.0. The number of anilines is 1. The van der Waals surface area contributed by atoms with Crippen LogP contribution in [0.4, 0.5) is 5.69 Å². The van der Waals surface area contributed by atoms with Gasteiger partial charge in [-0.15, -0.1) is 11.6 Å². The molecule has 0 bridgehead atoms. The summed E-state index contributed by atoms with van der Waals surface area (Å²) in [7, 11) is 0. The number of halogens is 1. The van der Waals surface area contributed by atoms with Crippen molar-refractivity contribution in [2.24, 2.45) is 0 Å². The zero-order chi connectivity index (χ0) is 14.0. The molecule has 0 fully saturated rings. The van der Waals surface area contributed by atoms with E-state index in [1.54, 1.807) is 0 Å². The lowest BCUT2D eigenvalue weighted by Crippen LogP contribution is -2.49. The maximum absolute atomic E-state index is 12.0. The Balaban J connectivity index is 2.16. The second-order valence-corrected chi connectivity index (χ2v) is 5.88. The Morgan fingerprint density at radius 3 is 2.95 bits per heavy atom. The molecule has 1 atom stereocenters. The van der Waals surface area contributed by atoms with Crippen molar-refractivity contribution in [3.63, 3.8) is 0 Å². The largest absolute Gasteiger partial charge is 0.390 e. The van der Waals surface area contributed by atoms with E-state index in [0.717, 1.165) is 17.7 Å². The fourth-order valence-electron chi connectivity index (χ4n) is 2.24. The van der Waals surface area contributed by atoms with Gasteiger partial charge in [0.2, 0.25) is 0 Å². The van der Waals surface area contributed by atoms with E-state index in [-0.39, 0.29) is 17.3 Å². The Hall–Kier alpha value is -1.26. The third kappa shape index (κ3) is 3.39. The molecule has 0 saturated carbocycles. The van der Waals surface area contributed by atoms with Crippen LogP contribution in [-0.2, 0) is 6.42 Å². The molecular weight excluding hydrogens is 264 g/mol. The summed E-state index contributed by atoms with van der Waals surface area (Å²) in [6, 6.07) is 5.71. The Morgan fingerprint density at radius 2 is 2.26 bits per heavy atom. The van der Waals surface area contributed by atoms with Crippen LogP contribution < -0.4 is 10.6 Å². The SMILES string of the molecule is CC1(C)Cc2ccc(NCC(O)CCl)cc2C(=O)N1. The normalized spacial score (nSPS) is 18.4. The maximum Gasteiger partial charge on any atom is 0.252 e. The van der Waals surface area contributed by atoms with E-state index in [9.17, 15) is 9.90 Å². The molecule has 1 amide bonds. The molecule has 1 aromatic rings. The first-order valence-electron chi connectivity index (χ1n) is 6.34. The number of carbonyl (C=O) groups is 1. The summed E-state index contributed by atoms with van der Waals surface area (Å²) in [5.41, 5.74) is 2.37. The van der Waals surface area contributed by atoms with Crippen LogP contribution in [0.1, 0.15) is 29.8 Å². The van der Waals surface area contributed by atoms with Crippen molar-refractivity contribution in [3.05, 3.63) is 29.3 Å². The number of fused-ring (bicyclic) bond motifs is 1. The Kier molecular flexibility index (Phi) is 4.02. The van der Waals surface area contributed by atoms with Gasteiger partial charge in [-0.1, -0.05) is 6.07 Å². The molecule has 0 aliphatic carbocycles. The van der Waals surface area contributed by atoms with E-state index >= 15 is 0 Å². The van der Waals surface area contributed by atoms with Gasteiger partial charge in [-0.3, -0.25) is 4.79 Å². The number of hydrogen-bond donors (Lipinski definition) is 3. The first-order valence-corrected chi connectivity index (χ1v) is 6.88. The smallest absolute Gasteiger partial charge is 0.252 e. The van der Waals surface area contributed by atoms with E-state index < -0.39 is 6.10 Å². The Morgan fingerprint density at radius 1 is 1.53 bits per heavy atom. The predicted molar refractivity (Wildman–Crippen MR) is 76.9 cm³/mol. The molecule has 1 unspecified atom stereocenters. The molecule has 1 heterocycles. The monoisotopic (exact) mass is 282 g/mol. The van der Waals surface area contributed by atoms with E-state index in [2.05, 4.69) is 10.6 Å². The lowest BCUT2D eigenvalue weighted by Gasteiger charge is -2.32. The number of benzene rings is 1. The molecule has 19 heavy (non-hydrogen) atoms. The number of nitrogens with one attached hydrogen (secondary N) is 2. The van der Waals surface area contributed by atoms with Gasteiger partial charge >= 0.3 is 0 Å². The molecule has 3 N–H and O–H groups in total. The molecule has 2 rings (SSSR count). The molecule has 1 aliphatic rings. The van der Waals surface area contributed by atoms with Gasteiger partial charge in [0, 0.05) is 23.3 Å². The first kappa shape index (κ1) is 14.2. The fraction of sp³-hybridized carbons (Fsp3) is 0.500. The van der Waals surface area contributed by atoms with Crippen LogP contribution in [0.5, 0.6) is 0 Å². The molecule has 1 aromatic carbocycles. The third-order valence-corrected chi connectivity index (χ3v) is 3.51. The van der Waals surface area contributed by atoms with Crippen molar-refractivity contribution in [2.75, 3.05) is 17.7 Å². The number of aliphatic hydroxyl groups excluding tert-OH is 1. The van der Waals surface area contributed by atoms with Crippen molar-refractivity contribution in [3.8, 4) is 0 Å². The van der Waals surface area contributed by atoms with Crippen molar-refractivity contribution in [2.45, 2.75) is 31.9 Å².